The third kappa shape index (κ3) is 4.34. The summed E-state index contributed by atoms with van der Waals surface area (Å²) >= 11 is 5.96. The molecule has 1 unspecified atom stereocenters. The van der Waals surface area contributed by atoms with Gasteiger partial charge in [0.15, 0.2) is 0 Å². The van der Waals surface area contributed by atoms with Gasteiger partial charge in [0, 0.05) is 49.0 Å². The van der Waals surface area contributed by atoms with Gasteiger partial charge in [-0.05, 0) is 44.0 Å². The van der Waals surface area contributed by atoms with Crippen LogP contribution in [0, 0.1) is 6.92 Å². The highest BCUT2D eigenvalue weighted by Gasteiger charge is 2.20. The standard InChI is InChI=1S/C18H25ClN4/c1-14-16(11-21-22(14)2)10-20-18-4-3-9-23(13-18)12-15-5-7-17(19)8-6-15/h5-8,11,18,20H,3-4,9-10,12-13H2,1-2H3. The van der Waals surface area contributed by atoms with Gasteiger partial charge in [-0.25, -0.2) is 0 Å². The molecule has 0 amide bonds. The first-order chi connectivity index (χ1) is 11.1. The molecule has 1 N–H and O–H groups in total. The Morgan fingerprint density at radius 2 is 2.09 bits per heavy atom. The van der Waals surface area contributed by atoms with Crippen LogP contribution >= 0.6 is 11.6 Å². The average Bonchev–Trinajstić information content (AvgIpc) is 2.87. The fourth-order valence-electron chi connectivity index (χ4n) is 3.19. The van der Waals surface area contributed by atoms with Crippen molar-refractivity contribution in [2.45, 2.75) is 38.9 Å². The van der Waals surface area contributed by atoms with E-state index in [0.29, 0.717) is 6.04 Å². The van der Waals surface area contributed by atoms with E-state index < -0.39 is 0 Å². The maximum Gasteiger partial charge on any atom is 0.0537 e. The zero-order chi connectivity index (χ0) is 16.2. The first-order valence-electron chi connectivity index (χ1n) is 8.29. The van der Waals surface area contributed by atoms with Crippen molar-refractivity contribution in [3.63, 3.8) is 0 Å². The largest absolute Gasteiger partial charge is 0.309 e. The smallest absolute Gasteiger partial charge is 0.0537 e. The number of hydrogen-bond donors (Lipinski definition) is 1. The lowest BCUT2D eigenvalue weighted by Crippen LogP contribution is -2.45. The van der Waals surface area contributed by atoms with Gasteiger partial charge in [0.05, 0.1) is 6.20 Å². The summed E-state index contributed by atoms with van der Waals surface area (Å²) in [7, 11) is 1.99. The first-order valence-corrected chi connectivity index (χ1v) is 8.67. The van der Waals surface area contributed by atoms with Crippen molar-refractivity contribution in [1.29, 1.82) is 0 Å². The predicted octanol–water partition coefficient (Wildman–Crippen LogP) is 3.14. The summed E-state index contributed by atoms with van der Waals surface area (Å²) in [6, 6.07) is 8.75. The van der Waals surface area contributed by atoms with Crippen molar-refractivity contribution in [2.24, 2.45) is 7.05 Å². The Kier molecular flexibility index (Phi) is 5.36. The Morgan fingerprint density at radius 3 is 2.78 bits per heavy atom. The van der Waals surface area contributed by atoms with Crippen molar-refractivity contribution in [2.75, 3.05) is 13.1 Å². The van der Waals surface area contributed by atoms with E-state index in [1.165, 1.54) is 36.2 Å². The second-order valence-electron chi connectivity index (χ2n) is 6.46. The molecule has 0 aliphatic carbocycles. The van der Waals surface area contributed by atoms with Crippen LogP contribution in [0.25, 0.3) is 0 Å². The zero-order valence-electron chi connectivity index (χ0n) is 13.9. The van der Waals surface area contributed by atoms with Crippen molar-refractivity contribution in [3.05, 3.63) is 52.3 Å². The lowest BCUT2D eigenvalue weighted by molar-refractivity contribution is 0.182. The average molecular weight is 333 g/mol. The highest BCUT2D eigenvalue weighted by atomic mass is 35.5. The number of piperidine rings is 1. The van der Waals surface area contributed by atoms with E-state index in [0.717, 1.165) is 24.7 Å². The summed E-state index contributed by atoms with van der Waals surface area (Å²) < 4.78 is 1.94. The third-order valence-electron chi connectivity index (χ3n) is 4.74. The highest BCUT2D eigenvalue weighted by Crippen LogP contribution is 2.16. The minimum absolute atomic E-state index is 0.552. The van der Waals surface area contributed by atoms with Gasteiger partial charge >= 0.3 is 0 Å². The number of nitrogens with one attached hydrogen (secondary N) is 1. The Hall–Kier alpha value is -1.36. The number of rotatable bonds is 5. The Labute approximate surface area is 143 Å². The topological polar surface area (TPSA) is 33.1 Å². The third-order valence-corrected chi connectivity index (χ3v) is 5.00. The van der Waals surface area contributed by atoms with Crippen LogP contribution in [0.2, 0.25) is 5.02 Å². The number of halogens is 1. The van der Waals surface area contributed by atoms with Gasteiger partial charge in [-0.15, -0.1) is 0 Å². The predicted molar refractivity (Wildman–Crippen MR) is 94.5 cm³/mol. The summed E-state index contributed by atoms with van der Waals surface area (Å²) in [5, 5.41) is 8.82. The van der Waals surface area contributed by atoms with Crippen LogP contribution in [0.1, 0.15) is 29.7 Å². The van der Waals surface area contributed by atoms with Gasteiger partial charge in [-0.3, -0.25) is 9.58 Å². The Bertz CT molecular complexity index is 635. The lowest BCUT2D eigenvalue weighted by atomic mass is 10.0. The molecular formula is C18H25ClN4. The van der Waals surface area contributed by atoms with Crippen LogP contribution in [0.15, 0.2) is 30.5 Å². The van der Waals surface area contributed by atoms with Crippen LogP contribution in [-0.4, -0.2) is 33.8 Å². The normalized spacial score (nSPS) is 19.2. The number of nitrogens with zero attached hydrogens (tertiary/aromatic N) is 3. The number of likely N-dealkylation sites (tertiary alicyclic amines) is 1. The number of benzene rings is 1. The van der Waals surface area contributed by atoms with E-state index in [4.69, 9.17) is 11.6 Å². The molecule has 0 radical (unpaired) electrons. The van der Waals surface area contributed by atoms with Crippen molar-refractivity contribution >= 4 is 11.6 Å². The van der Waals surface area contributed by atoms with Crippen LogP contribution < -0.4 is 5.32 Å². The molecule has 2 aromatic rings. The first kappa shape index (κ1) is 16.5. The fraction of sp³-hybridized carbons (Fsp3) is 0.500. The van der Waals surface area contributed by atoms with Gasteiger partial charge in [0.2, 0.25) is 0 Å². The number of hydrogen-bond acceptors (Lipinski definition) is 3. The summed E-state index contributed by atoms with van der Waals surface area (Å²) in [5.41, 5.74) is 3.87. The Balaban J connectivity index is 1.51. The molecule has 1 saturated heterocycles. The fourth-order valence-corrected chi connectivity index (χ4v) is 3.31. The number of aromatic nitrogens is 2. The summed E-state index contributed by atoms with van der Waals surface area (Å²) in [6.07, 6.45) is 4.46. The molecule has 0 bridgehead atoms. The quantitative estimate of drug-likeness (QED) is 0.913. The molecule has 1 fully saturated rings. The highest BCUT2D eigenvalue weighted by molar-refractivity contribution is 6.30. The van der Waals surface area contributed by atoms with Gasteiger partial charge in [0.1, 0.15) is 0 Å². The molecule has 1 aromatic carbocycles. The molecule has 124 valence electrons. The molecule has 5 heteroatoms. The summed E-state index contributed by atoms with van der Waals surface area (Å²) in [4.78, 5) is 2.53. The minimum atomic E-state index is 0.552. The van der Waals surface area contributed by atoms with Crippen LogP contribution in [0.5, 0.6) is 0 Å². The van der Waals surface area contributed by atoms with E-state index >= 15 is 0 Å². The van der Waals surface area contributed by atoms with E-state index in [1.807, 2.05) is 30.1 Å². The minimum Gasteiger partial charge on any atom is -0.309 e. The summed E-state index contributed by atoms with van der Waals surface area (Å²) in [5.74, 6) is 0. The molecular weight excluding hydrogens is 308 g/mol. The molecule has 1 aliphatic heterocycles. The second-order valence-corrected chi connectivity index (χ2v) is 6.90. The van der Waals surface area contributed by atoms with Gasteiger partial charge < -0.3 is 5.32 Å². The maximum absolute atomic E-state index is 5.96. The van der Waals surface area contributed by atoms with E-state index in [2.05, 4.69) is 34.4 Å². The van der Waals surface area contributed by atoms with E-state index in [-0.39, 0.29) is 0 Å². The molecule has 1 atom stereocenters. The van der Waals surface area contributed by atoms with Crippen LogP contribution in [0.3, 0.4) is 0 Å². The van der Waals surface area contributed by atoms with Gasteiger partial charge in [0.25, 0.3) is 0 Å². The second kappa shape index (κ2) is 7.47. The molecule has 1 aliphatic rings. The van der Waals surface area contributed by atoms with Gasteiger partial charge in [-0.2, -0.15) is 5.10 Å². The molecule has 0 spiro atoms. The SMILES string of the molecule is Cc1c(CNC2CCCN(Cc3ccc(Cl)cc3)C2)cnn1C. The van der Waals surface area contributed by atoms with Crippen LogP contribution in [-0.2, 0) is 20.1 Å². The van der Waals surface area contributed by atoms with E-state index in [9.17, 15) is 0 Å². The van der Waals surface area contributed by atoms with E-state index in [1.54, 1.807) is 0 Å². The molecule has 3 rings (SSSR count). The van der Waals surface area contributed by atoms with Crippen LogP contribution in [0.4, 0.5) is 0 Å². The van der Waals surface area contributed by atoms with Crippen molar-refractivity contribution in [3.8, 4) is 0 Å². The summed E-state index contributed by atoms with van der Waals surface area (Å²) in [6.45, 7) is 6.30. The molecule has 0 saturated carbocycles. The Morgan fingerprint density at radius 1 is 1.30 bits per heavy atom. The van der Waals surface area contributed by atoms with Crippen molar-refractivity contribution < 1.29 is 0 Å². The lowest BCUT2D eigenvalue weighted by Gasteiger charge is -2.33. The number of aryl methyl sites for hydroxylation is 1. The van der Waals surface area contributed by atoms with Gasteiger partial charge in [-0.1, -0.05) is 23.7 Å². The zero-order valence-corrected chi connectivity index (χ0v) is 14.7. The maximum atomic E-state index is 5.96. The molecule has 1 aromatic heterocycles. The molecule has 4 nitrogen and oxygen atoms in total. The molecule has 2 heterocycles. The monoisotopic (exact) mass is 332 g/mol. The molecule has 23 heavy (non-hydrogen) atoms. The van der Waals surface area contributed by atoms with Crippen molar-refractivity contribution in [1.82, 2.24) is 20.0 Å².